The van der Waals surface area contributed by atoms with E-state index >= 15 is 0 Å². The normalized spacial score (nSPS) is 20.2. The summed E-state index contributed by atoms with van der Waals surface area (Å²) in [6.45, 7) is 8.24. The summed E-state index contributed by atoms with van der Waals surface area (Å²) in [5, 5.41) is 24.5. The molecule has 0 spiro atoms. The molecule has 0 radical (unpaired) electrons. The lowest BCUT2D eigenvalue weighted by atomic mass is 9.98. The number of hydrogen-bond donors (Lipinski definition) is 4. The predicted octanol–water partition coefficient (Wildman–Crippen LogP) is -0.988. The van der Waals surface area contributed by atoms with E-state index in [-0.39, 0.29) is 12.5 Å². The van der Waals surface area contributed by atoms with Crippen LogP contribution >= 0.6 is 0 Å². The number of piperazine rings is 1. The van der Waals surface area contributed by atoms with Crippen LogP contribution in [0.4, 0.5) is 0 Å². The van der Waals surface area contributed by atoms with E-state index in [2.05, 4.69) is 15.5 Å². The van der Waals surface area contributed by atoms with Crippen LogP contribution < -0.4 is 10.6 Å². The highest BCUT2D eigenvalue weighted by atomic mass is 16.4. The van der Waals surface area contributed by atoms with Crippen molar-refractivity contribution >= 4 is 11.9 Å². The molecule has 0 aromatic heterocycles. The van der Waals surface area contributed by atoms with Gasteiger partial charge < -0.3 is 20.8 Å². The molecule has 0 aromatic carbocycles. The van der Waals surface area contributed by atoms with Gasteiger partial charge in [-0.25, -0.2) is 0 Å². The summed E-state index contributed by atoms with van der Waals surface area (Å²) in [7, 11) is 0. The number of carboxylic acids is 1. The Morgan fingerprint density at radius 3 is 2.30 bits per heavy atom. The number of rotatable bonds is 6. The molecule has 4 N–H and O–H groups in total. The van der Waals surface area contributed by atoms with Crippen LogP contribution in [0, 0.1) is 0 Å². The second-order valence-electron chi connectivity index (χ2n) is 6.05. The van der Waals surface area contributed by atoms with Crippen LogP contribution in [0.3, 0.4) is 0 Å². The summed E-state index contributed by atoms with van der Waals surface area (Å²) in [5.74, 6) is -1.30. The standard InChI is InChI=1S/C13H25N3O4/c1-12(2,16-6-4-14-5-7-16)11(19)15-9-13(3,20)8-10(17)18/h14,20H,4-9H2,1-3H3,(H,15,19)(H,17,18). The van der Waals surface area contributed by atoms with Crippen LogP contribution in [0.2, 0.25) is 0 Å². The fourth-order valence-electron chi connectivity index (χ4n) is 2.24. The van der Waals surface area contributed by atoms with Crippen LogP contribution in [0.25, 0.3) is 0 Å². The maximum Gasteiger partial charge on any atom is 0.306 e. The Morgan fingerprint density at radius 2 is 1.80 bits per heavy atom. The molecule has 20 heavy (non-hydrogen) atoms. The highest BCUT2D eigenvalue weighted by Crippen LogP contribution is 2.16. The van der Waals surface area contributed by atoms with Crippen LogP contribution in [0.1, 0.15) is 27.2 Å². The monoisotopic (exact) mass is 287 g/mol. The predicted molar refractivity (Wildman–Crippen MR) is 74.4 cm³/mol. The molecule has 1 saturated heterocycles. The van der Waals surface area contributed by atoms with Crippen molar-refractivity contribution in [2.45, 2.75) is 38.3 Å². The van der Waals surface area contributed by atoms with Crippen molar-refractivity contribution in [1.29, 1.82) is 0 Å². The van der Waals surface area contributed by atoms with Gasteiger partial charge in [0.2, 0.25) is 5.91 Å². The number of nitrogens with one attached hydrogen (secondary N) is 2. The molecule has 1 amide bonds. The maximum atomic E-state index is 12.3. The van der Waals surface area contributed by atoms with Crippen molar-refractivity contribution in [3.63, 3.8) is 0 Å². The number of amides is 1. The van der Waals surface area contributed by atoms with E-state index < -0.39 is 23.5 Å². The molecule has 0 bridgehead atoms. The summed E-state index contributed by atoms with van der Waals surface area (Å²) in [5.41, 5.74) is -2.12. The van der Waals surface area contributed by atoms with Gasteiger partial charge in [0.05, 0.1) is 17.6 Å². The van der Waals surface area contributed by atoms with E-state index in [1.54, 1.807) is 0 Å². The molecule has 1 unspecified atom stereocenters. The molecule has 116 valence electrons. The number of hydrogen-bond acceptors (Lipinski definition) is 5. The molecule has 1 fully saturated rings. The third kappa shape index (κ3) is 4.73. The van der Waals surface area contributed by atoms with Crippen LogP contribution in [0.5, 0.6) is 0 Å². The Balaban J connectivity index is 2.54. The second kappa shape index (κ2) is 6.51. The first-order valence-corrected chi connectivity index (χ1v) is 6.83. The van der Waals surface area contributed by atoms with Crippen LogP contribution in [-0.4, -0.2) is 70.9 Å². The largest absolute Gasteiger partial charge is 0.481 e. The van der Waals surface area contributed by atoms with Crippen molar-refractivity contribution in [1.82, 2.24) is 15.5 Å². The van der Waals surface area contributed by atoms with E-state index in [4.69, 9.17) is 5.11 Å². The first-order chi connectivity index (χ1) is 9.15. The first-order valence-electron chi connectivity index (χ1n) is 6.83. The lowest BCUT2D eigenvalue weighted by Gasteiger charge is -2.40. The second-order valence-corrected chi connectivity index (χ2v) is 6.05. The van der Waals surface area contributed by atoms with Gasteiger partial charge in [-0.1, -0.05) is 0 Å². The minimum Gasteiger partial charge on any atom is -0.481 e. The average Bonchev–Trinajstić information content (AvgIpc) is 2.35. The van der Waals surface area contributed by atoms with E-state index in [0.29, 0.717) is 0 Å². The lowest BCUT2D eigenvalue weighted by Crippen LogP contribution is -2.61. The highest BCUT2D eigenvalue weighted by molar-refractivity contribution is 5.85. The van der Waals surface area contributed by atoms with Gasteiger partial charge in [-0.2, -0.15) is 0 Å². The van der Waals surface area contributed by atoms with Crippen molar-refractivity contribution in [2.75, 3.05) is 32.7 Å². The molecule has 1 rings (SSSR count). The quantitative estimate of drug-likeness (QED) is 0.500. The van der Waals surface area contributed by atoms with Gasteiger partial charge in [0.1, 0.15) is 0 Å². The molecule has 0 saturated carbocycles. The number of carbonyl (C=O) groups excluding carboxylic acids is 1. The number of aliphatic hydroxyl groups is 1. The zero-order chi connectivity index (χ0) is 15.4. The van der Waals surface area contributed by atoms with Gasteiger partial charge in [0.25, 0.3) is 0 Å². The fourth-order valence-corrected chi connectivity index (χ4v) is 2.24. The van der Waals surface area contributed by atoms with Crippen molar-refractivity contribution in [3.05, 3.63) is 0 Å². The Kier molecular flexibility index (Phi) is 5.50. The van der Waals surface area contributed by atoms with E-state index in [1.807, 2.05) is 13.8 Å². The van der Waals surface area contributed by atoms with Gasteiger partial charge in [0.15, 0.2) is 0 Å². The maximum absolute atomic E-state index is 12.3. The molecule has 7 heteroatoms. The molecule has 0 aliphatic carbocycles. The summed E-state index contributed by atoms with van der Waals surface area (Å²) >= 11 is 0. The first kappa shape index (κ1) is 16.9. The minimum absolute atomic E-state index is 0.0757. The summed E-state index contributed by atoms with van der Waals surface area (Å²) in [6.07, 6.45) is -0.401. The molecule has 1 aliphatic heterocycles. The van der Waals surface area contributed by atoms with E-state index in [0.717, 1.165) is 26.2 Å². The lowest BCUT2D eigenvalue weighted by molar-refractivity contribution is -0.143. The minimum atomic E-state index is -1.44. The summed E-state index contributed by atoms with van der Waals surface area (Å²) in [4.78, 5) is 25.0. The van der Waals surface area contributed by atoms with Crippen molar-refractivity contribution in [2.24, 2.45) is 0 Å². The molecule has 1 aliphatic rings. The average molecular weight is 287 g/mol. The third-order valence-electron chi connectivity index (χ3n) is 3.63. The Bertz CT molecular complexity index is 363. The third-order valence-corrected chi connectivity index (χ3v) is 3.63. The molecule has 7 nitrogen and oxygen atoms in total. The molecule has 0 aromatic rings. The molecular formula is C13H25N3O4. The van der Waals surface area contributed by atoms with Crippen molar-refractivity contribution in [3.8, 4) is 0 Å². The Morgan fingerprint density at radius 1 is 1.25 bits per heavy atom. The van der Waals surface area contributed by atoms with Gasteiger partial charge in [-0.15, -0.1) is 0 Å². The van der Waals surface area contributed by atoms with Gasteiger partial charge >= 0.3 is 5.97 Å². The molecule has 1 atom stereocenters. The number of aliphatic carboxylic acids is 1. The van der Waals surface area contributed by atoms with Crippen molar-refractivity contribution < 1.29 is 19.8 Å². The molecular weight excluding hydrogens is 262 g/mol. The number of carbonyl (C=O) groups is 2. The zero-order valence-corrected chi connectivity index (χ0v) is 12.4. The highest BCUT2D eigenvalue weighted by Gasteiger charge is 2.36. The van der Waals surface area contributed by atoms with Crippen LogP contribution in [-0.2, 0) is 9.59 Å². The smallest absolute Gasteiger partial charge is 0.306 e. The number of carboxylic acid groups (broad SMARTS) is 1. The number of nitrogens with zero attached hydrogens (tertiary/aromatic N) is 1. The topological polar surface area (TPSA) is 102 Å². The SMILES string of the molecule is CC(O)(CNC(=O)C(C)(C)N1CCNCC1)CC(=O)O. The summed E-state index contributed by atoms with van der Waals surface area (Å²) in [6, 6.07) is 0. The van der Waals surface area contributed by atoms with E-state index in [9.17, 15) is 14.7 Å². The van der Waals surface area contributed by atoms with Gasteiger partial charge in [-0.3, -0.25) is 14.5 Å². The summed E-state index contributed by atoms with van der Waals surface area (Å²) < 4.78 is 0. The fraction of sp³-hybridized carbons (Fsp3) is 0.846. The molecule has 1 heterocycles. The Labute approximate surface area is 119 Å². The van der Waals surface area contributed by atoms with Gasteiger partial charge in [-0.05, 0) is 20.8 Å². The van der Waals surface area contributed by atoms with E-state index in [1.165, 1.54) is 6.92 Å². The van der Waals surface area contributed by atoms with Crippen LogP contribution in [0.15, 0.2) is 0 Å². The zero-order valence-electron chi connectivity index (χ0n) is 12.4. The van der Waals surface area contributed by atoms with Gasteiger partial charge in [0, 0.05) is 32.7 Å². The Hall–Kier alpha value is -1.18.